The summed E-state index contributed by atoms with van der Waals surface area (Å²) in [5.41, 5.74) is -1.55. The van der Waals surface area contributed by atoms with E-state index < -0.39 is 50.0 Å². The molecule has 1 amide bonds. The van der Waals surface area contributed by atoms with Gasteiger partial charge in [0.25, 0.3) is 5.91 Å². The van der Waals surface area contributed by atoms with Crippen LogP contribution in [0.15, 0.2) is 29.3 Å². The van der Waals surface area contributed by atoms with E-state index in [0.29, 0.717) is 12.2 Å². The lowest BCUT2D eigenvalue weighted by atomic mass is 9.99. The van der Waals surface area contributed by atoms with Crippen LogP contribution in [0.1, 0.15) is 29.9 Å². The second-order valence-corrected chi connectivity index (χ2v) is 11.6. The molecule has 37 heavy (non-hydrogen) atoms. The van der Waals surface area contributed by atoms with Gasteiger partial charge in [-0.25, -0.2) is 22.8 Å². The zero-order valence-electron chi connectivity index (χ0n) is 20.4. The van der Waals surface area contributed by atoms with E-state index in [-0.39, 0.29) is 44.1 Å². The van der Waals surface area contributed by atoms with E-state index in [1.807, 2.05) is 18.7 Å². The van der Waals surface area contributed by atoms with Crippen LogP contribution < -0.4 is 9.80 Å². The summed E-state index contributed by atoms with van der Waals surface area (Å²) in [5.74, 6) is -2.01. The SMILES string of the molecule is CC(C)[C@@H]1CN(c2ccc(F)c(S(C)(=O)=O)c2)CCN1c1ncc(C(=O)N2CC(O)C2)c(C(F)(F)F)n1. The Bertz CT molecular complexity index is 1300. The molecule has 0 unspecified atom stereocenters. The summed E-state index contributed by atoms with van der Waals surface area (Å²) in [7, 11) is -3.80. The highest BCUT2D eigenvalue weighted by molar-refractivity contribution is 7.90. The summed E-state index contributed by atoms with van der Waals surface area (Å²) in [5, 5.41) is 9.40. The van der Waals surface area contributed by atoms with E-state index in [0.717, 1.165) is 23.4 Å². The zero-order chi connectivity index (χ0) is 27.3. The number of hydrogen-bond acceptors (Lipinski definition) is 8. The van der Waals surface area contributed by atoms with Crippen molar-refractivity contribution in [2.75, 3.05) is 48.8 Å². The summed E-state index contributed by atoms with van der Waals surface area (Å²) >= 11 is 0. The molecule has 1 aromatic carbocycles. The molecule has 0 spiro atoms. The van der Waals surface area contributed by atoms with Crippen molar-refractivity contribution in [2.45, 2.75) is 37.1 Å². The van der Waals surface area contributed by atoms with Crippen molar-refractivity contribution in [1.29, 1.82) is 0 Å². The number of benzene rings is 1. The van der Waals surface area contributed by atoms with Crippen LogP contribution in [-0.2, 0) is 16.0 Å². The third-order valence-electron chi connectivity index (χ3n) is 6.55. The topological polar surface area (TPSA) is 107 Å². The highest BCUT2D eigenvalue weighted by Gasteiger charge is 2.42. The van der Waals surface area contributed by atoms with Crippen molar-refractivity contribution in [1.82, 2.24) is 14.9 Å². The Kier molecular flexibility index (Phi) is 7.10. The van der Waals surface area contributed by atoms with Crippen molar-refractivity contribution < 1.29 is 35.9 Å². The highest BCUT2D eigenvalue weighted by atomic mass is 32.2. The number of halogens is 4. The number of likely N-dealkylation sites (tertiary alicyclic amines) is 1. The Hall–Kier alpha value is -3.00. The van der Waals surface area contributed by atoms with Gasteiger partial charge in [0.15, 0.2) is 15.5 Å². The first-order valence-corrected chi connectivity index (χ1v) is 13.5. The number of aliphatic hydroxyl groups is 1. The molecule has 1 atom stereocenters. The molecule has 14 heteroatoms. The first-order valence-electron chi connectivity index (χ1n) is 11.6. The van der Waals surface area contributed by atoms with Crippen LogP contribution in [0, 0.1) is 11.7 Å². The van der Waals surface area contributed by atoms with Crippen LogP contribution in [0.5, 0.6) is 0 Å². The molecule has 2 aliphatic rings. The molecule has 2 fully saturated rings. The molecule has 3 heterocycles. The molecule has 0 aliphatic carbocycles. The smallest absolute Gasteiger partial charge is 0.389 e. The molecule has 4 rings (SSSR count). The van der Waals surface area contributed by atoms with Crippen molar-refractivity contribution in [2.24, 2.45) is 5.92 Å². The fraction of sp³-hybridized carbons (Fsp3) is 0.522. The Balaban J connectivity index is 1.64. The third-order valence-corrected chi connectivity index (χ3v) is 7.66. The molecule has 1 N–H and O–H groups in total. The van der Waals surface area contributed by atoms with Gasteiger partial charge in [-0.15, -0.1) is 0 Å². The average Bonchev–Trinajstić information content (AvgIpc) is 2.80. The van der Waals surface area contributed by atoms with Crippen LogP contribution in [0.25, 0.3) is 0 Å². The monoisotopic (exact) mass is 545 g/mol. The average molecular weight is 546 g/mol. The standard InChI is InChI=1S/C23H27F4N5O4S/c1-13(2)18-12-30(14-4-5-17(24)19(8-14)37(3,35)36)6-7-32(18)22-28-9-16(20(29-22)23(25,26)27)21(34)31-10-15(33)11-31/h4-5,8-9,13,15,18,33H,6-7,10-12H2,1-3H3/t18-/m0/s1. The number of anilines is 2. The molecule has 2 aliphatic heterocycles. The maximum Gasteiger partial charge on any atom is 0.434 e. The lowest BCUT2D eigenvalue weighted by Gasteiger charge is -2.44. The van der Waals surface area contributed by atoms with Gasteiger partial charge >= 0.3 is 6.18 Å². The fourth-order valence-corrected chi connectivity index (χ4v) is 5.27. The quantitative estimate of drug-likeness (QED) is 0.570. The van der Waals surface area contributed by atoms with E-state index in [2.05, 4.69) is 9.97 Å². The van der Waals surface area contributed by atoms with Crippen LogP contribution in [-0.4, -0.2) is 85.4 Å². The second kappa shape index (κ2) is 9.71. The molecule has 0 saturated carbocycles. The summed E-state index contributed by atoms with van der Waals surface area (Å²) in [4.78, 5) is 24.6. The Morgan fingerprint density at radius 1 is 1.16 bits per heavy atom. The first kappa shape index (κ1) is 27.0. The minimum Gasteiger partial charge on any atom is -0.389 e. The van der Waals surface area contributed by atoms with Gasteiger partial charge in [0.2, 0.25) is 5.95 Å². The summed E-state index contributed by atoms with van der Waals surface area (Å²) in [6.45, 7) is 4.44. The summed E-state index contributed by atoms with van der Waals surface area (Å²) in [6.07, 6.45) is -3.88. The number of β-amino-alcohol motifs (C(OH)–C–C–N with tert-alkyl or cyclic N) is 1. The molecular formula is C23H27F4N5O4S. The van der Waals surface area contributed by atoms with Crippen molar-refractivity contribution in [3.8, 4) is 0 Å². The van der Waals surface area contributed by atoms with Crippen molar-refractivity contribution in [3.63, 3.8) is 0 Å². The molecule has 2 saturated heterocycles. The molecule has 9 nitrogen and oxygen atoms in total. The molecule has 202 valence electrons. The van der Waals surface area contributed by atoms with Gasteiger partial charge in [0.1, 0.15) is 10.7 Å². The molecule has 0 radical (unpaired) electrons. The Morgan fingerprint density at radius 2 is 1.84 bits per heavy atom. The van der Waals surface area contributed by atoms with Gasteiger partial charge in [0, 0.05) is 50.9 Å². The zero-order valence-corrected chi connectivity index (χ0v) is 21.2. The van der Waals surface area contributed by atoms with Crippen LogP contribution >= 0.6 is 0 Å². The van der Waals surface area contributed by atoms with Gasteiger partial charge < -0.3 is 19.8 Å². The van der Waals surface area contributed by atoms with Crippen LogP contribution in [0.2, 0.25) is 0 Å². The molecule has 2 aromatic rings. The number of hydrogen-bond donors (Lipinski definition) is 1. The number of aliphatic hydroxyl groups excluding tert-OH is 1. The van der Waals surface area contributed by atoms with E-state index in [4.69, 9.17) is 0 Å². The summed E-state index contributed by atoms with van der Waals surface area (Å²) < 4.78 is 79.7. The van der Waals surface area contributed by atoms with E-state index in [1.165, 1.54) is 12.1 Å². The van der Waals surface area contributed by atoms with Gasteiger partial charge in [-0.1, -0.05) is 13.8 Å². The second-order valence-electron chi connectivity index (χ2n) is 9.63. The fourth-order valence-electron chi connectivity index (χ4n) is 4.51. The number of carbonyl (C=O) groups is 1. The van der Waals surface area contributed by atoms with Crippen LogP contribution in [0.3, 0.4) is 0 Å². The summed E-state index contributed by atoms with van der Waals surface area (Å²) in [6, 6.07) is 3.42. The normalized spacial score (nSPS) is 19.4. The number of nitrogens with zero attached hydrogens (tertiary/aromatic N) is 5. The first-order chi connectivity index (χ1) is 17.2. The maximum atomic E-state index is 14.1. The number of piperazine rings is 1. The highest BCUT2D eigenvalue weighted by Crippen LogP contribution is 2.34. The number of alkyl halides is 3. The maximum absolute atomic E-state index is 14.1. The predicted octanol–water partition coefficient (Wildman–Crippen LogP) is 2.21. The number of sulfone groups is 1. The van der Waals surface area contributed by atoms with Crippen molar-refractivity contribution >= 4 is 27.4 Å². The van der Waals surface area contributed by atoms with Gasteiger partial charge in [-0.05, 0) is 24.1 Å². The van der Waals surface area contributed by atoms with Crippen LogP contribution in [0.4, 0.5) is 29.2 Å². The lowest BCUT2D eigenvalue weighted by molar-refractivity contribution is -0.141. The minimum absolute atomic E-state index is 0.0559. The lowest BCUT2D eigenvalue weighted by Crippen LogP contribution is -2.56. The Morgan fingerprint density at radius 3 is 2.41 bits per heavy atom. The molecule has 1 aromatic heterocycles. The number of carbonyl (C=O) groups excluding carboxylic acids is 1. The number of rotatable bonds is 5. The van der Waals surface area contributed by atoms with Gasteiger partial charge in [-0.3, -0.25) is 4.79 Å². The van der Waals surface area contributed by atoms with E-state index in [9.17, 15) is 35.9 Å². The van der Waals surface area contributed by atoms with Gasteiger partial charge in [0.05, 0.1) is 17.7 Å². The van der Waals surface area contributed by atoms with E-state index >= 15 is 0 Å². The minimum atomic E-state index is -4.91. The number of aromatic nitrogens is 2. The van der Waals surface area contributed by atoms with Crippen molar-refractivity contribution in [3.05, 3.63) is 41.5 Å². The van der Waals surface area contributed by atoms with Gasteiger partial charge in [-0.2, -0.15) is 13.2 Å². The molecular weight excluding hydrogens is 518 g/mol. The largest absolute Gasteiger partial charge is 0.434 e. The number of amides is 1. The predicted molar refractivity (Wildman–Crippen MR) is 127 cm³/mol. The van der Waals surface area contributed by atoms with E-state index in [1.54, 1.807) is 4.90 Å². The Labute approximate surface area is 211 Å². The molecule has 0 bridgehead atoms. The third kappa shape index (κ3) is 5.49.